The van der Waals surface area contributed by atoms with Crippen molar-refractivity contribution in [1.82, 2.24) is 0 Å². The van der Waals surface area contributed by atoms with Gasteiger partial charge in [0.2, 0.25) is 5.91 Å². The number of carbonyl (C=O) groups is 3. The van der Waals surface area contributed by atoms with E-state index in [1.165, 1.54) is 25.2 Å². The number of hydrogen-bond donors (Lipinski definition) is 1. The summed E-state index contributed by atoms with van der Waals surface area (Å²) in [7, 11) is 2.44. The summed E-state index contributed by atoms with van der Waals surface area (Å²) >= 11 is 0. The van der Waals surface area contributed by atoms with Gasteiger partial charge in [-0.1, -0.05) is 12.1 Å². The van der Waals surface area contributed by atoms with Gasteiger partial charge in [-0.2, -0.15) is 0 Å². The average molecular weight is 342 g/mol. The first-order valence-corrected chi connectivity index (χ1v) is 7.36. The summed E-state index contributed by atoms with van der Waals surface area (Å²) < 4.78 is 9.60. The molecule has 1 aliphatic rings. The maximum atomic E-state index is 12.4. The van der Waals surface area contributed by atoms with E-state index in [4.69, 9.17) is 15.2 Å². The Kier molecular flexibility index (Phi) is 5.38. The number of rotatable bonds is 4. The van der Waals surface area contributed by atoms with Crippen LogP contribution in [0, 0.1) is 6.92 Å². The molecule has 0 unspecified atom stereocenters. The van der Waals surface area contributed by atoms with E-state index in [0.29, 0.717) is 16.8 Å². The molecular weight excluding hydrogens is 324 g/mol. The Balaban J connectivity index is 2.74. The number of allylic oxidation sites excluding steroid dienone is 2. The van der Waals surface area contributed by atoms with E-state index >= 15 is 0 Å². The maximum Gasteiger partial charge on any atom is 0.355 e. The molecule has 1 aliphatic heterocycles. The summed E-state index contributed by atoms with van der Waals surface area (Å²) in [6.07, 6.45) is 6.30. The second-order valence-electron chi connectivity index (χ2n) is 5.13. The molecule has 0 fully saturated rings. The Morgan fingerprint density at radius 1 is 1.04 bits per heavy atom. The number of esters is 2. The first-order chi connectivity index (χ1) is 11.9. The van der Waals surface area contributed by atoms with E-state index in [2.05, 4.69) is 0 Å². The molecule has 0 saturated carbocycles. The molecule has 2 N–H and O–H groups in total. The molecule has 7 nitrogen and oxygen atoms in total. The number of benzene rings is 1. The summed E-state index contributed by atoms with van der Waals surface area (Å²) in [5.41, 5.74) is 6.79. The van der Waals surface area contributed by atoms with E-state index < -0.39 is 17.8 Å². The molecule has 2 rings (SSSR count). The van der Waals surface area contributed by atoms with Crippen molar-refractivity contribution < 1.29 is 23.9 Å². The molecule has 0 bridgehead atoms. The first kappa shape index (κ1) is 18.0. The van der Waals surface area contributed by atoms with Crippen LogP contribution in [0.5, 0.6) is 0 Å². The lowest BCUT2D eigenvalue weighted by atomic mass is 10.0. The van der Waals surface area contributed by atoms with Gasteiger partial charge < -0.3 is 20.1 Å². The van der Waals surface area contributed by atoms with Crippen LogP contribution in [0.3, 0.4) is 0 Å². The van der Waals surface area contributed by atoms with Crippen LogP contribution < -0.4 is 10.6 Å². The lowest BCUT2D eigenvalue weighted by Crippen LogP contribution is -2.28. The first-order valence-electron chi connectivity index (χ1n) is 7.36. The van der Waals surface area contributed by atoms with Crippen LogP contribution in [0.15, 0.2) is 53.9 Å². The van der Waals surface area contributed by atoms with Crippen LogP contribution in [0.4, 0.5) is 5.69 Å². The second-order valence-corrected chi connectivity index (χ2v) is 5.13. The van der Waals surface area contributed by atoms with Gasteiger partial charge in [-0.05, 0) is 36.8 Å². The fourth-order valence-corrected chi connectivity index (χ4v) is 2.50. The summed E-state index contributed by atoms with van der Waals surface area (Å²) in [5, 5.41) is 0. The summed E-state index contributed by atoms with van der Waals surface area (Å²) in [6.45, 7) is 1.70. The third-order valence-corrected chi connectivity index (χ3v) is 3.72. The van der Waals surface area contributed by atoms with Crippen molar-refractivity contribution in [3.8, 4) is 0 Å². The quantitative estimate of drug-likeness (QED) is 0.834. The van der Waals surface area contributed by atoms with Crippen molar-refractivity contribution in [1.29, 1.82) is 0 Å². The smallest absolute Gasteiger partial charge is 0.355 e. The van der Waals surface area contributed by atoms with Gasteiger partial charge in [-0.3, -0.25) is 4.79 Å². The van der Waals surface area contributed by atoms with Gasteiger partial charge in [0.1, 0.15) is 5.70 Å². The van der Waals surface area contributed by atoms with E-state index in [1.54, 1.807) is 43.5 Å². The third kappa shape index (κ3) is 3.45. The Bertz CT molecular complexity index is 821. The number of hydrogen-bond acceptors (Lipinski definition) is 6. The molecule has 25 heavy (non-hydrogen) atoms. The molecule has 0 radical (unpaired) electrons. The molecule has 1 aromatic rings. The number of anilines is 1. The van der Waals surface area contributed by atoms with Crippen molar-refractivity contribution in [2.24, 2.45) is 5.73 Å². The van der Waals surface area contributed by atoms with Crippen LogP contribution in [-0.4, -0.2) is 32.1 Å². The SMILES string of the molecule is COC(=O)C1=C(C(=O)OC)N(c2cccc(C(N)=O)c2C)C=CC=C1. The predicted molar refractivity (Wildman–Crippen MR) is 91.5 cm³/mol. The number of methoxy groups -OCH3 is 2. The lowest BCUT2D eigenvalue weighted by molar-refractivity contribution is -0.139. The number of amides is 1. The highest BCUT2D eigenvalue weighted by atomic mass is 16.5. The number of carbonyl (C=O) groups excluding carboxylic acids is 3. The molecule has 130 valence electrons. The van der Waals surface area contributed by atoms with Crippen LogP contribution in [0.1, 0.15) is 15.9 Å². The summed E-state index contributed by atoms with van der Waals surface area (Å²) in [6, 6.07) is 4.93. The minimum absolute atomic E-state index is 0.0240. The van der Waals surface area contributed by atoms with Gasteiger partial charge in [0.25, 0.3) is 0 Å². The summed E-state index contributed by atoms with van der Waals surface area (Å²) in [5.74, 6) is -2.00. The lowest BCUT2D eigenvalue weighted by Gasteiger charge is -2.25. The van der Waals surface area contributed by atoms with Gasteiger partial charge in [-0.15, -0.1) is 0 Å². The van der Waals surface area contributed by atoms with Gasteiger partial charge >= 0.3 is 11.9 Å². The second kappa shape index (κ2) is 7.48. The molecule has 0 saturated heterocycles. The van der Waals surface area contributed by atoms with Crippen molar-refractivity contribution in [3.63, 3.8) is 0 Å². The van der Waals surface area contributed by atoms with E-state index in [0.717, 1.165) is 0 Å². The van der Waals surface area contributed by atoms with Crippen LogP contribution >= 0.6 is 0 Å². The van der Waals surface area contributed by atoms with E-state index in [-0.39, 0.29) is 11.3 Å². The van der Waals surface area contributed by atoms with Crippen molar-refractivity contribution in [2.45, 2.75) is 6.92 Å². The molecule has 1 aromatic carbocycles. The highest BCUT2D eigenvalue weighted by Gasteiger charge is 2.28. The standard InChI is InChI=1S/C18H18N2O5/c1-11-12(16(19)21)8-6-9-14(11)20-10-5-4-7-13(17(22)24-2)15(20)18(23)25-3/h4-10H,1-3H3,(H2,19,21). The molecule has 7 heteroatoms. The molecule has 0 aromatic heterocycles. The van der Waals surface area contributed by atoms with Gasteiger partial charge in [0.15, 0.2) is 0 Å². The maximum absolute atomic E-state index is 12.4. The van der Waals surface area contributed by atoms with E-state index in [1.807, 2.05) is 0 Å². The Hall–Kier alpha value is -3.35. The molecule has 0 spiro atoms. The molecule has 1 heterocycles. The zero-order valence-electron chi connectivity index (χ0n) is 14.1. The highest BCUT2D eigenvalue weighted by Crippen LogP contribution is 2.30. The van der Waals surface area contributed by atoms with Gasteiger partial charge in [-0.25, -0.2) is 9.59 Å². The van der Waals surface area contributed by atoms with E-state index in [9.17, 15) is 14.4 Å². The van der Waals surface area contributed by atoms with Crippen molar-refractivity contribution in [2.75, 3.05) is 19.1 Å². The van der Waals surface area contributed by atoms with Crippen LogP contribution in [0.2, 0.25) is 0 Å². The summed E-state index contributed by atoms with van der Waals surface area (Å²) in [4.78, 5) is 37.6. The predicted octanol–water partition coefficient (Wildman–Crippen LogP) is 1.58. The minimum Gasteiger partial charge on any atom is -0.465 e. The zero-order chi connectivity index (χ0) is 18.6. The largest absolute Gasteiger partial charge is 0.465 e. The fourth-order valence-electron chi connectivity index (χ4n) is 2.50. The van der Waals surface area contributed by atoms with Crippen LogP contribution in [-0.2, 0) is 19.1 Å². The molecule has 0 atom stereocenters. The third-order valence-electron chi connectivity index (χ3n) is 3.72. The Morgan fingerprint density at radius 2 is 1.72 bits per heavy atom. The highest BCUT2D eigenvalue weighted by molar-refractivity contribution is 6.06. The molecular formula is C18H18N2O5. The number of ether oxygens (including phenoxy) is 2. The van der Waals surface area contributed by atoms with Gasteiger partial charge in [0.05, 0.1) is 19.8 Å². The minimum atomic E-state index is -0.722. The number of nitrogens with zero attached hydrogens (tertiary/aromatic N) is 1. The average Bonchev–Trinajstić information content (AvgIpc) is 2.83. The van der Waals surface area contributed by atoms with Gasteiger partial charge in [0, 0.05) is 17.5 Å². The fraction of sp³-hybridized carbons (Fsp3) is 0.167. The van der Waals surface area contributed by atoms with Crippen LogP contribution in [0.25, 0.3) is 0 Å². The zero-order valence-corrected chi connectivity index (χ0v) is 14.1. The normalized spacial score (nSPS) is 13.5. The van der Waals surface area contributed by atoms with Crippen molar-refractivity contribution in [3.05, 3.63) is 65.0 Å². The number of nitrogens with two attached hydrogens (primary N) is 1. The molecule has 1 amide bonds. The topological polar surface area (TPSA) is 98.9 Å². The Labute approximate surface area is 145 Å². The Morgan fingerprint density at radius 3 is 2.32 bits per heavy atom. The number of primary amides is 1. The van der Waals surface area contributed by atoms with Crippen molar-refractivity contribution >= 4 is 23.5 Å². The molecule has 0 aliphatic carbocycles. The monoisotopic (exact) mass is 342 g/mol.